The monoisotopic (exact) mass is 350 g/mol. The molecule has 0 fully saturated rings. The third-order valence-electron chi connectivity index (χ3n) is 2.99. The lowest BCUT2D eigenvalue weighted by molar-refractivity contribution is -0.137. The summed E-state index contributed by atoms with van der Waals surface area (Å²) in [5.41, 5.74) is -1.11. The zero-order chi connectivity index (χ0) is 17.5. The molecule has 0 spiro atoms. The molecule has 23 heavy (non-hydrogen) atoms. The van der Waals surface area contributed by atoms with Gasteiger partial charge in [0, 0.05) is 6.54 Å². The van der Waals surface area contributed by atoms with Crippen molar-refractivity contribution >= 4 is 29.1 Å². The second-order valence-electron chi connectivity index (χ2n) is 4.97. The molecule has 0 saturated carbocycles. The fourth-order valence-electron chi connectivity index (χ4n) is 1.80. The predicted octanol–water partition coefficient (Wildman–Crippen LogP) is 3.99. The average Bonchev–Trinajstić information content (AvgIpc) is 2.44. The van der Waals surface area contributed by atoms with Crippen molar-refractivity contribution in [1.29, 1.82) is 0 Å². The zero-order valence-corrected chi connectivity index (χ0v) is 13.4. The highest BCUT2D eigenvalue weighted by atomic mass is 35.5. The van der Waals surface area contributed by atoms with Gasteiger partial charge in [-0.3, -0.25) is 9.59 Å². The molecule has 0 saturated heterocycles. The first kappa shape index (κ1) is 19.3. The second-order valence-corrected chi connectivity index (χ2v) is 5.38. The molecule has 0 atom stereocenters. The van der Waals surface area contributed by atoms with Gasteiger partial charge in [-0.2, -0.15) is 13.2 Å². The molecule has 1 rings (SSSR count). The van der Waals surface area contributed by atoms with Gasteiger partial charge in [-0.15, -0.1) is 0 Å². The highest BCUT2D eigenvalue weighted by Crippen LogP contribution is 2.33. The minimum atomic E-state index is -4.54. The molecule has 0 aliphatic rings. The fourth-order valence-corrected chi connectivity index (χ4v) is 1.97. The number of nitrogens with one attached hydrogen (secondary N) is 2. The van der Waals surface area contributed by atoms with Crippen molar-refractivity contribution in [1.82, 2.24) is 5.32 Å². The molecule has 0 unspecified atom stereocenters. The number of amides is 2. The predicted molar refractivity (Wildman–Crippen MR) is 82.2 cm³/mol. The van der Waals surface area contributed by atoms with Crippen molar-refractivity contribution in [2.75, 3.05) is 11.9 Å². The van der Waals surface area contributed by atoms with Gasteiger partial charge in [0.2, 0.25) is 11.8 Å². The van der Waals surface area contributed by atoms with E-state index in [0.717, 1.165) is 37.5 Å². The lowest BCUT2D eigenvalue weighted by Crippen LogP contribution is -2.29. The summed E-state index contributed by atoms with van der Waals surface area (Å²) in [4.78, 5) is 23.2. The first-order valence-corrected chi connectivity index (χ1v) is 7.55. The van der Waals surface area contributed by atoms with Crippen LogP contribution in [0.5, 0.6) is 0 Å². The largest absolute Gasteiger partial charge is 0.416 e. The van der Waals surface area contributed by atoms with E-state index in [1.807, 2.05) is 6.92 Å². The normalized spacial score (nSPS) is 11.2. The summed E-state index contributed by atoms with van der Waals surface area (Å²) in [6, 6.07) is 2.60. The van der Waals surface area contributed by atoms with Gasteiger partial charge in [0.25, 0.3) is 0 Å². The molecule has 8 heteroatoms. The van der Waals surface area contributed by atoms with Crippen LogP contribution in [0.3, 0.4) is 0 Å². The Bertz CT molecular complexity index is 562. The van der Waals surface area contributed by atoms with Gasteiger partial charge in [0.05, 0.1) is 16.3 Å². The summed E-state index contributed by atoms with van der Waals surface area (Å²) < 4.78 is 37.9. The number of carbonyl (C=O) groups excluding carboxylic acids is 2. The average molecular weight is 351 g/mol. The summed E-state index contributed by atoms with van der Waals surface area (Å²) in [6.07, 6.45) is -2.24. The van der Waals surface area contributed by atoms with Crippen LogP contribution in [0.4, 0.5) is 18.9 Å². The number of benzene rings is 1. The number of hydrogen-bond donors (Lipinski definition) is 2. The molecule has 0 bridgehead atoms. The zero-order valence-electron chi connectivity index (χ0n) is 12.6. The molecule has 0 heterocycles. The minimum absolute atomic E-state index is 0.0327. The molecule has 0 aliphatic heterocycles. The van der Waals surface area contributed by atoms with E-state index >= 15 is 0 Å². The Balaban J connectivity index is 2.58. The van der Waals surface area contributed by atoms with Gasteiger partial charge in [0.1, 0.15) is 6.42 Å². The molecular formula is C15H18ClF3N2O2. The molecule has 1 aromatic rings. The number of hydrogen-bond acceptors (Lipinski definition) is 2. The van der Waals surface area contributed by atoms with Gasteiger partial charge >= 0.3 is 6.18 Å². The van der Waals surface area contributed by atoms with Crippen LogP contribution in [-0.2, 0) is 15.8 Å². The summed E-state index contributed by atoms with van der Waals surface area (Å²) >= 11 is 5.76. The van der Waals surface area contributed by atoms with Crippen LogP contribution in [0, 0.1) is 0 Å². The minimum Gasteiger partial charge on any atom is -0.356 e. The molecule has 1 aromatic carbocycles. The lowest BCUT2D eigenvalue weighted by atomic mass is 10.2. The standard InChI is InChI=1S/C15H18ClF3N2O2/c1-2-3-4-7-20-13(22)9-14(23)21-12-8-10(15(17,18)19)5-6-11(12)16/h5-6,8H,2-4,7,9H2,1H3,(H,20,22)(H,21,23). The van der Waals surface area contributed by atoms with E-state index in [4.69, 9.17) is 11.6 Å². The number of unbranched alkanes of at least 4 members (excludes halogenated alkanes) is 2. The highest BCUT2D eigenvalue weighted by Gasteiger charge is 2.31. The first-order valence-electron chi connectivity index (χ1n) is 7.17. The van der Waals surface area contributed by atoms with E-state index < -0.39 is 30.0 Å². The van der Waals surface area contributed by atoms with E-state index in [1.165, 1.54) is 0 Å². The van der Waals surface area contributed by atoms with Crippen LogP contribution in [0.15, 0.2) is 18.2 Å². The van der Waals surface area contributed by atoms with E-state index in [-0.39, 0.29) is 10.7 Å². The van der Waals surface area contributed by atoms with E-state index in [0.29, 0.717) is 6.54 Å². The topological polar surface area (TPSA) is 58.2 Å². The maximum absolute atomic E-state index is 12.6. The Morgan fingerprint density at radius 1 is 1.17 bits per heavy atom. The summed E-state index contributed by atoms with van der Waals surface area (Å²) in [5, 5.41) is 4.76. The van der Waals surface area contributed by atoms with Crippen LogP contribution in [-0.4, -0.2) is 18.4 Å². The number of carbonyl (C=O) groups is 2. The second kappa shape index (κ2) is 8.76. The van der Waals surface area contributed by atoms with Gasteiger partial charge in [0.15, 0.2) is 0 Å². The quantitative estimate of drug-likeness (QED) is 0.577. The van der Waals surface area contributed by atoms with E-state index in [9.17, 15) is 22.8 Å². The van der Waals surface area contributed by atoms with Crippen molar-refractivity contribution < 1.29 is 22.8 Å². The molecule has 4 nitrogen and oxygen atoms in total. The van der Waals surface area contributed by atoms with Crippen molar-refractivity contribution in [3.63, 3.8) is 0 Å². The van der Waals surface area contributed by atoms with Crippen LogP contribution in [0.25, 0.3) is 0 Å². The number of halogens is 4. The van der Waals surface area contributed by atoms with Crippen LogP contribution in [0.1, 0.15) is 38.2 Å². The van der Waals surface area contributed by atoms with E-state index in [2.05, 4.69) is 10.6 Å². The molecule has 0 aliphatic carbocycles. The Hall–Kier alpha value is -1.76. The maximum Gasteiger partial charge on any atom is 0.416 e. The lowest BCUT2D eigenvalue weighted by Gasteiger charge is -2.11. The summed E-state index contributed by atoms with van der Waals surface area (Å²) in [7, 11) is 0. The SMILES string of the molecule is CCCCCNC(=O)CC(=O)Nc1cc(C(F)(F)F)ccc1Cl. The van der Waals surface area contributed by atoms with Crippen LogP contribution >= 0.6 is 11.6 Å². The van der Waals surface area contributed by atoms with Gasteiger partial charge in [-0.25, -0.2) is 0 Å². The van der Waals surface area contributed by atoms with Gasteiger partial charge < -0.3 is 10.6 Å². The summed E-state index contributed by atoms with van der Waals surface area (Å²) in [6.45, 7) is 2.48. The Morgan fingerprint density at radius 3 is 2.48 bits per heavy atom. The Kier molecular flexibility index (Phi) is 7.35. The Morgan fingerprint density at radius 2 is 1.87 bits per heavy atom. The first-order chi connectivity index (χ1) is 10.7. The summed E-state index contributed by atoms with van der Waals surface area (Å²) in [5.74, 6) is -1.21. The smallest absolute Gasteiger partial charge is 0.356 e. The van der Waals surface area contributed by atoms with Crippen molar-refractivity contribution in [3.05, 3.63) is 28.8 Å². The van der Waals surface area contributed by atoms with E-state index in [1.54, 1.807) is 0 Å². The Labute approximate surface area is 137 Å². The molecule has 128 valence electrons. The third kappa shape index (κ3) is 6.90. The van der Waals surface area contributed by atoms with Crippen molar-refractivity contribution in [3.8, 4) is 0 Å². The highest BCUT2D eigenvalue weighted by molar-refractivity contribution is 6.33. The third-order valence-corrected chi connectivity index (χ3v) is 3.32. The number of rotatable bonds is 7. The van der Waals surface area contributed by atoms with Crippen LogP contribution < -0.4 is 10.6 Å². The number of anilines is 1. The number of alkyl halides is 3. The molecule has 2 amide bonds. The fraction of sp³-hybridized carbons (Fsp3) is 0.467. The molecule has 2 N–H and O–H groups in total. The van der Waals surface area contributed by atoms with Gasteiger partial charge in [-0.05, 0) is 24.6 Å². The van der Waals surface area contributed by atoms with Crippen molar-refractivity contribution in [2.24, 2.45) is 0 Å². The van der Waals surface area contributed by atoms with Crippen LogP contribution in [0.2, 0.25) is 5.02 Å². The molecule has 0 aromatic heterocycles. The molecule has 0 radical (unpaired) electrons. The molecular weight excluding hydrogens is 333 g/mol. The van der Waals surface area contributed by atoms with Gasteiger partial charge in [-0.1, -0.05) is 31.4 Å². The van der Waals surface area contributed by atoms with Crippen molar-refractivity contribution in [2.45, 2.75) is 38.8 Å². The maximum atomic E-state index is 12.6.